The monoisotopic (exact) mass is 454 g/mol. The van der Waals surface area contributed by atoms with Crippen LogP contribution in [0, 0.1) is 0 Å². The van der Waals surface area contributed by atoms with Gasteiger partial charge >= 0.3 is 0 Å². The van der Waals surface area contributed by atoms with Crippen LogP contribution in [0.3, 0.4) is 0 Å². The van der Waals surface area contributed by atoms with Gasteiger partial charge < -0.3 is 30.1 Å². The molecule has 9 nitrogen and oxygen atoms in total. The van der Waals surface area contributed by atoms with Crippen LogP contribution >= 0.6 is 0 Å². The Balaban J connectivity index is 1.42. The topological polar surface area (TPSA) is 113 Å². The van der Waals surface area contributed by atoms with Crippen LogP contribution in [0.1, 0.15) is 29.9 Å². The molecule has 2 amide bonds. The number of aliphatic hydroxyl groups is 1. The van der Waals surface area contributed by atoms with Crippen LogP contribution in [-0.2, 0) is 20.9 Å². The number of nitrogens with one attached hydrogen (secondary N) is 2. The molecule has 2 aromatic rings. The molecule has 0 aliphatic carbocycles. The number of fused-ring (bicyclic) bond motifs is 3. The number of amides is 2. The summed E-state index contributed by atoms with van der Waals surface area (Å²) in [5.74, 6) is 0.466. The smallest absolute Gasteiger partial charge is 0.238 e. The minimum absolute atomic E-state index is 0.0345. The number of aromatic nitrogens is 1. The van der Waals surface area contributed by atoms with Gasteiger partial charge in [-0.3, -0.25) is 14.6 Å². The quantitative estimate of drug-likeness (QED) is 0.551. The summed E-state index contributed by atoms with van der Waals surface area (Å²) in [5.41, 5.74) is 2.58. The summed E-state index contributed by atoms with van der Waals surface area (Å²) < 4.78 is 12.1. The number of anilines is 1. The van der Waals surface area contributed by atoms with Gasteiger partial charge in [0.15, 0.2) is 0 Å². The highest BCUT2D eigenvalue weighted by atomic mass is 16.6. The molecular weight excluding hydrogens is 424 g/mol. The average Bonchev–Trinajstić information content (AvgIpc) is 3.15. The average molecular weight is 455 g/mol. The lowest BCUT2D eigenvalue weighted by Gasteiger charge is -2.37. The lowest BCUT2D eigenvalue weighted by atomic mass is 9.84. The molecule has 3 N–H and O–H groups in total. The van der Waals surface area contributed by atoms with Crippen molar-refractivity contribution in [3.63, 3.8) is 0 Å². The molecule has 2 aliphatic heterocycles. The van der Waals surface area contributed by atoms with E-state index in [0.717, 1.165) is 16.9 Å². The predicted molar refractivity (Wildman–Crippen MR) is 122 cm³/mol. The molecule has 2 aliphatic rings. The van der Waals surface area contributed by atoms with E-state index in [1.165, 1.54) is 0 Å². The maximum Gasteiger partial charge on any atom is 0.238 e. The summed E-state index contributed by atoms with van der Waals surface area (Å²) >= 11 is 0. The summed E-state index contributed by atoms with van der Waals surface area (Å²) in [6.07, 6.45) is 2.97. The Hall–Kier alpha value is -3.01. The molecule has 1 aromatic carbocycles. The number of benzene rings is 1. The Morgan fingerprint density at radius 3 is 2.82 bits per heavy atom. The predicted octanol–water partition coefficient (Wildman–Crippen LogP) is 1.28. The van der Waals surface area contributed by atoms with Crippen LogP contribution in [0.15, 0.2) is 42.7 Å². The molecule has 0 unspecified atom stereocenters. The molecule has 3 heterocycles. The second kappa shape index (κ2) is 10.3. The van der Waals surface area contributed by atoms with Crippen molar-refractivity contribution < 1.29 is 24.2 Å². The number of nitrogens with zero attached hydrogens (tertiary/aromatic N) is 2. The zero-order valence-corrected chi connectivity index (χ0v) is 18.9. The largest absolute Gasteiger partial charge is 0.487 e. The Morgan fingerprint density at radius 2 is 2.09 bits per heavy atom. The minimum atomic E-state index is -0.529. The van der Waals surface area contributed by atoms with Crippen molar-refractivity contribution in [1.29, 1.82) is 0 Å². The number of likely N-dealkylation sites (N-methyl/N-ethyl adjacent to an activating group) is 1. The molecule has 0 saturated carbocycles. The zero-order chi connectivity index (χ0) is 23.4. The third-order valence-corrected chi connectivity index (χ3v) is 5.87. The van der Waals surface area contributed by atoms with E-state index in [-0.39, 0.29) is 49.5 Å². The van der Waals surface area contributed by atoms with E-state index in [9.17, 15) is 14.7 Å². The van der Waals surface area contributed by atoms with Crippen LogP contribution in [0.4, 0.5) is 5.69 Å². The SMILES string of the molecule is CN(C)CC(=O)Nc1ccc2c(c1)[C@@H]1C[C@@H](CC(=O)NCc3cccnc3)O[C@@H](CO)[C@@H]1O2. The van der Waals surface area contributed by atoms with E-state index in [0.29, 0.717) is 18.7 Å². The second-order valence-corrected chi connectivity index (χ2v) is 8.78. The number of hydrogen-bond donors (Lipinski definition) is 3. The first-order chi connectivity index (χ1) is 15.9. The summed E-state index contributed by atoms with van der Waals surface area (Å²) in [4.78, 5) is 30.5. The lowest BCUT2D eigenvalue weighted by Crippen LogP contribution is -2.47. The van der Waals surface area contributed by atoms with Gasteiger partial charge in [0, 0.05) is 36.1 Å². The summed E-state index contributed by atoms with van der Waals surface area (Å²) in [7, 11) is 3.68. The Kier molecular flexibility index (Phi) is 7.22. The van der Waals surface area contributed by atoms with E-state index in [2.05, 4.69) is 15.6 Å². The maximum atomic E-state index is 12.5. The van der Waals surface area contributed by atoms with Crippen molar-refractivity contribution in [2.75, 3.05) is 32.6 Å². The van der Waals surface area contributed by atoms with Gasteiger partial charge in [-0.15, -0.1) is 0 Å². The number of carbonyl (C=O) groups excluding carboxylic acids is 2. The van der Waals surface area contributed by atoms with Crippen molar-refractivity contribution in [2.24, 2.45) is 0 Å². The molecule has 0 bridgehead atoms. The van der Waals surface area contributed by atoms with Gasteiger partial charge in [0.05, 0.1) is 25.7 Å². The molecule has 0 radical (unpaired) electrons. The van der Waals surface area contributed by atoms with Gasteiger partial charge in [0.2, 0.25) is 11.8 Å². The summed E-state index contributed by atoms with van der Waals surface area (Å²) in [6.45, 7) is 0.489. The second-order valence-electron chi connectivity index (χ2n) is 8.78. The van der Waals surface area contributed by atoms with Crippen LogP contribution < -0.4 is 15.4 Å². The standard InChI is InChI=1S/C24H30N4O5/c1-28(2)13-23(31)27-16-5-6-20-18(8-16)19-9-17(32-21(14-29)24(19)33-20)10-22(30)26-12-15-4-3-7-25-11-15/h3-8,11,17,19,21,24,29H,9-10,12-14H2,1-2H3,(H,26,30)(H,27,31)/t17-,19-,21-,24+/m0/s1. The van der Waals surface area contributed by atoms with Gasteiger partial charge in [-0.05, 0) is 50.3 Å². The highest BCUT2D eigenvalue weighted by molar-refractivity contribution is 5.92. The Labute approximate surface area is 193 Å². The van der Waals surface area contributed by atoms with Crippen molar-refractivity contribution in [1.82, 2.24) is 15.2 Å². The van der Waals surface area contributed by atoms with Gasteiger partial charge in [-0.1, -0.05) is 6.07 Å². The van der Waals surface area contributed by atoms with Crippen LogP contribution in [-0.4, -0.2) is 72.4 Å². The Morgan fingerprint density at radius 1 is 1.24 bits per heavy atom. The number of ether oxygens (including phenoxy) is 2. The van der Waals surface area contributed by atoms with Crippen molar-refractivity contribution in [2.45, 2.75) is 43.6 Å². The molecule has 0 spiro atoms. The van der Waals surface area contributed by atoms with Crippen molar-refractivity contribution in [3.8, 4) is 5.75 Å². The number of aliphatic hydroxyl groups excluding tert-OH is 1. The lowest BCUT2D eigenvalue weighted by molar-refractivity contribution is -0.142. The third kappa shape index (κ3) is 5.68. The van der Waals surface area contributed by atoms with Crippen LogP contribution in [0.2, 0.25) is 0 Å². The third-order valence-electron chi connectivity index (χ3n) is 5.87. The molecular formula is C24H30N4O5. The van der Waals surface area contributed by atoms with Gasteiger partial charge in [0.1, 0.15) is 18.0 Å². The van der Waals surface area contributed by atoms with E-state index in [1.54, 1.807) is 17.3 Å². The van der Waals surface area contributed by atoms with Crippen molar-refractivity contribution >= 4 is 17.5 Å². The van der Waals surface area contributed by atoms with Gasteiger partial charge in [-0.2, -0.15) is 0 Å². The van der Waals surface area contributed by atoms with Gasteiger partial charge in [-0.25, -0.2) is 0 Å². The van der Waals surface area contributed by atoms with E-state index in [1.807, 2.05) is 44.4 Å². The number of hydrogen-bond acceptors (Lipinski definition) is 7. The zero-order valence-electron chi connectivity index (χ0n) is 18.9. The van der Waals surface area contributed by atoms with E-state index >= 15 is 0 Å². The molecule has 4 rings (SSSR count). The first kappa shape index (κ1) is 23.2. The highest BCUT2D eigenvalue weighted by Gasteiger charge is 2.46. The highest BCUT2D eigenvalue weighted by Crippen LogP contribution is 2.47. The molecule has 176 valence electrons. The molecule has 33 heavy (non-hydrogen) atoms. The summed E-state index contributed by atoms with van der Waals surface area (Å²) in [5, 5.41) is 15.7. The maximum absolute atomic E-state index is 12.5. The minimum Gasteiger partial charge on any atom is -0.487 e. The molecule has 9 heteroatoms. The van der Waals surface area contributed by atoms with E-state index in [4.69, 9.17) is 9.47 Å². The molecule has 1 aromatic heterocycles. The van der Waals surface area contributed by atoms with Gasteiger partial charge in [0.25, 0.3) is 0 Å². The summed E-state index contributed by atoms with van der Waals surface area (Å²) in [6, 6.07) is 9.29. The number of carbonyl (C=O) groups is 2. The number of rotatable bonds is 8. The first-order valence-electron chi connectivity index (χ1n) is 11.1. The van der Waals surface area contributed by atoms with Crippen molar-refractivity contribution in [3.05, 3.63) is 53.9 Å². The molecule has 4 atom stereocenters. The normalized spacial score (nSPS) is 23.4. The van der Waals surface area contributed by atoms with Crippen LogP contribution in [0.25, 0.3) is 0 Å². The number of pyridine rings is 1. The molecule has 1 saturated heterocycles. The fourth-order valence-corrected chi connectivity index (χ4v) is 4.44. The van der Waals surface area contributed by atoms with E-state index < -0.39 is 6.10 Å². The first-order valence-corrected chi connectivity index (χ1v) is 11.1. The Bertz CT molecular complexity index is 984. The molecule has 1 fully saturated rings. The fraction of sp³-hybridized carbons (Fsp3) is 0.458. The fourth-order valence-electron chi connectivity index (χ4n) is 4.44. The van der Waals surface area contributed by atoms with Crippen LogP contribution in [0.5, 0.6) is 5.75 Å².